The van der Waals surface area contributed by atoms with Crippen LogP contribution in [0.2, 0.25) is 0 Å². The zero-order chi connectivity index (χ0) is 7.84. The largest absolute Gasteiger partial charge is 0.443 e. The summed E-state index contributed by atoms with van der Waals surface area (Å²) in [7, 11) is 0. The Kier molecular flexibility index (Phi) is 1.37. The zero-order valence-corrected chi connectivity index (χ0v) is 6.41. The third-order valence-corrected chi connectivity index (χ3v) is 2.34. The molecule has 1 heterocycles. The second kappa shape index (κ2) is 2.26. The van der Waals surface area contributed by atoms with Gasteiger partial charge in [-0.15, -0.1) is 0 Å². The summed E-state index contributed by atoms with van der Waals surface area (Å²) >= 11 is 0. The summed E-state index contributed by atoms with van der Waals surface area (Å²) in [6.45, 7) is 2.10. The van der Waals surface area contributed by atoms with E-state index in [1.54, 1.807) is 0 Å². The molecule has 1 N–H and O–H groups in total. The van der Waals surface area contributed by atoms with Crippen molar-refractivity contribution >= 4 is 6.09 Å². The van der Waals surface area contributed by atoms with Crippen molar-refractivity contribution < 1.29 is 9.53 Å². The predicted octanol–water partition coefficient (Wildman–Crippen LogP) is 1.06. The molecule has 3 atom stereocenters. The van der Waals surface area contributed by atoms with Crippen LogP contribution in [0.4, 0.5) is 4.79 Å². The number of amides is 1. The van der Waals surface area contributed by atoms with Gasteiger partial charge < -0.3 is 10.1 Å². The van der Waals surface area contributed by atoms with Gasteiger partial charge >= 0.3 is 6.09 Å². The quantitative estimate of drug-likeness (QED) is 0.572. The number of rotatable bonds is 1. The van der Waals surface area contributed by atoms with Gasteiger partial charge in [0.25, 0.3) is 0 Å². The molecular formula is C8H11NO2. The highest BCUT2D eigenvalue weighted by Crippen LogP contribution is 2.28. The average molecular weight is 153 g/mol. The summed E-state index contributed by atoms with van der Waals surface area (Å²) in [6.07, 6.45) is 4.96. The van der Waals surface area contributed by atoms with E-state index in [9.17, 15) is 4.79 Å². The first-order valence-electron chi connectivity index (χ1n) is 3.96. The fourth-order valence-electron chi connectivity index (χ4n) is 1.70. The topological polar surface area (TPSA) is 38.3 Å². The molecule has 1 aliphatic carbocycles. The smallest absolute Gasteiger partial charge is 0.408 e. The predicted molar refractivity (Wildman–Crippen MR) is 40.1 cm³/mol. The molecule has 3 heteroatoms. The molecule has 0 saturated carbocycles. The van der Waals surface area contributed by atoms with Gasteiger partial charge in [-0.25, -0.2) is 4.79 Å². The molecular weight excluding hydrogens is 142 g/mol. The molecule has 0 radical (unpaired) electrons. The number of hydrogen-bond donors (Lipinski definition) is 1. The molecule has 2 aliphatic rings. The van der Waals surface area contributed by atoms with Crippen molar-refractivity contribution in [3.05, 3.63) is 12.2 Å². The lowest BCUT2D eigenvalue weighted by Crippen LogP contribution is -2.28. The average Bonchev–Trinajstić information content (AvgIpc) is 2.45. The maximum absolute atomic E-state index is 10.8. The molecule has 3 nitrogen and oxygen atoms in total. The van der Waals surface area contributed by atoms with E-state index in [4.69, 9.17) is 4.74 Å². The summed E-state index contributed by atoms with van der Waals surface area (Å²) in [4.78, 5) is 10.8. The van der Waals surface area contributed by atoms with Crippen molar-refractivity contribution in [2.24, 2.45) is 5.92 Å². The SMILES string of the molecule is CCC1C=CC2NC(=O)OC12. The minimum Gasteiger partial charge on any atom is -0.443 e. The third-order valence-electron chi connectivity index (χ3n) is 2.34. The van der Waals surface area contributed by atoms with Crippen LogP contribution in [0.5, 0.6) is 0 Å². The Hall–Kier alpha value is -0.990. The Labute approximate surface area is 65.4 Å². The van der Waals surface area contributed by atoms with Crippen LogP contribution in [-0.2, 0) is 4.74 Å². The van der Waals surface area contributed by atoms with Crippen LogP contribution < -0.4 is 5.32 Å². The Bertz CT molecular complexity index is 212. The molecule has 0 aromatic heterocycles. The van der Waals surface area contributed by atoms with E-state index in [1.165, 1.54) is 0 Å². The van der Waals surface area contributed by atoms with Crippen LogP contribution in [0.25, 0.3) is 0 Å². The molecule has 1 aliphatic heterocycles. The molecule has 0 aromatic carbocycles. The standard InChI is InChI=1S/C8H11NO2/c1-2-5-3-4-6-7(5)11-8(10)9-6/h3-7H,2H2,1H3,(H,9,10). The molecule has 2 rings (SSSR count). The number of carbonyl (C=O) groups is 1. The normalized spacial score (nSPS) is 40.1. The van der Waals surface area contributed by atoms with E-state index >= 15 is 0 Å². The van der Waals surface area contributed by atoms with Crippen molar-refractivity contribution in [1.82, 2.24) is 5.32 Å². The summed E-state index contributed by atoms with van der Waals surface area (Å²) in [6, 6.07) is 0.132. The van der Waals surface area contributed by atoms with E-state index < -0.39 is 0 Å². The Morgan fingerprint density at radius 1 is 1.64 bits per heavy atom. The number of carbonyl (C=O) groups excluding carboxylic acids is 1. The Balaban J connectivity index is 2.13. The lowest BCUT2D eigenvalue weighted by atomic mass is 10.0. The van der Waals surface area contributed by atoms with E-state index in [2.05, 4.69) is 18.3 Å². The summed E-state index contributed by atoms with van der Waals surface area (Å²) < 4.78 is 5.08. The van der Waals surface area contributed by atoms with Crippen LogP contribution in [0.3, 0.4) is 0 Å². The van der Waals surface area contributed by atoms with E-state index in [0.717, 1.165) is 6.42 Å². The van der Waals surface area contributed by atoms with Gasteiger partial charge in [-0.2, -0.15) is 0 Å². The molecule has 1 amide bonds. The van der Waals surface area contributed by atoms with Gasteiger partial charge in [-0.1, -0.05) is 19.1 Å². The third kappa shape index (κ3) is 0.914. The Morgan fingerprint density at radius 3 is 3.18 bits per heavy atom. The van der Waals surface area contributed by atoms with Gasteiger partial charge in [0, 0.05) is 5.92 Å². The second-order valence-electron chi connectivity index (χ2n) is 3.00. The first kappa shape index (κ1) is 6.70. The molecule has 0 bridgehead atoms. The number of ether oxygens (including phenoxy) is 1. The molecule has 1 fully saturated rings. The van der Waals surface area contributed by atoms with E-state index in [-0.39, 0.29) is 18.2 Å². The molecule has 3 unspecified atom stereocenters. The molecule has 11 heavy (non-hydrogen) atoms. The first-order valence-corrected chi connectivity index (χ1v) is 3.96. The minimum atomic E-state index is -0.275. The summed E-state index contributed by atoms with van der Waals surface area (Å²) in [5.41, 5.74) is 0. The number of alkyl carbamates (subject to hydrolysis) is 1. The monoisotopic (exact) mass is 153 g/mol. The van der Waals surface area contributed by atoms with E-state index in [1.807, 2.05) is 6.08 Å². The van der Waals surface area contributed by atoms with Crippen LogP contribution in [0, 0.1) is 5.92 Å². The van der Waals surface area contributed by atoms with Crippen LogP contribution in [-0.4, -0.2) is 18.2 Å². The highest BCUT2D eigenvalue weighted by molar-refractivity contribution is 5.71. The summed E-state index contributed by atoms with van der Waals surface area (Å²) in [5.74, 6) is 0.416. The van der Waals surface area contributed by atoms with Crippen molar-refractivity contribution in [2.45, 2.75) is 25.5 Å². The number of fused-ring (bicyclic) bond motifs is 1. The lowest BCUT2D eigenvalue weighted by molar-refractivity contribution is 0.115. The summed E-state index contributed by atoms with van der Waals surface area (Å²) in [5, 5.41) is 2.73. The highest BCUT2D eigenvalue weighted by Gasteiger charge is 2.39. The minimum absolute atomic E-state index is 0.0625. The van der Waals surface area contributed by atoms with Crippen LogP contribution >= 0.6 is 0 Å². The molecule has 0 spiro atoms. The maximum atomic E-state index is 10.8. The van der Waals surface area contributed by atoms with Gasteiger partial charge in [0.2, 0.25) is 0 Å². The fourth-order valence-corrected chi connectivity index (χ4v) is 1.70. The number of hydrogen-bond acceptors (Lipinski definition) is 2. The van der Waals surface area contributed by atoms with Crippen molar-refractivity contribution in [3.8, 4) is 0 Å². The molecule has 0 aromatic rings. The van der Waals surface area contributed by atoms with Crippen molar-refractivity contribution in [1.29, 1.82) is 0 Å². The Morgan fingerprint density at radius 2 is 2.45 bits per heavy atom. The maximum Gasteiger partial charge on any atom is 0.408 e. The number of nitrogens with one attached hydrogen (secondary N) is 1. The fraction of sp³-hybridized carbons (Fsp3) is 0.625. The van der Waals surface area contributed by atoms with Gasteiger partial charge in [0.15, 0.2) is 0 Å². The molecule has 1 saturated heterocycles. The first-order chi connectivity index (χ1) is 5.31. The zero-order valence-electron chi connectivity index (χ0n) is 6.41. The van der Waals surface area contributed by atoms with Gasteiger partial charge in [-0.05, 0) is 6.42 Å². The van der Waals surface area contributed by atoms with Crippen molar-refractivity contribution in [3.63, 3.8) is 0 Å². The second-order valence-corrected chi connectivity index (χ2v) is 3.00. The lowest BCUT2D eigenvalue weighted by Gasteiger charge is -2.13. The van der Waals surface area contributed by atoms with Crippen molar-refractivity contribution in [2.75, 3.05) is 0 Å². The molecule has 60 valence electrons. The van der Waals surface area contributed by atoms with Gasteiger partial charge in [-0.3, -0.25) is 0 Å². The van der Waals surface area contributed by atoms with Gasteiger partial charge in [0.05, 0.1) is 6.04 Å². The van der Waals surface area contributed by atoms with Crippen LogP contribution in [0.15, 0.2) is 12.2 Å². The highest BCUT2D eigenvalue weighted by atomic mass is 16.6. The van der Waals surface area contributed by atoms with Gasteiger partial charge in [0.1, 0.15) is 6.10 Å². The van der Waals surface area contributed by atoms with E-state index in [0.29, 0.717) is 5.92 Å². The van der Waals surface area contributed by atoms with Crippen LogP contribution in [0.1, 0.15) is 13.3 Å².